The third kappa shape index (κ3) is 2.62. The molecule has 4 N–H and O–H groups in total. The van der Waals surface area contributed by atoms with Gasteiger partial charge < -0.3 is 11.5 Å². The highest BCUT2D eigenvalue weighted by Gasteiger charge is 2.19. The second kappa shape index (κ2) is 4.93. The zero-order valence-electron chi connectivity index (χ0n) is 11.0. The largest absolute Gasteiger partial charge is 0.381 e. The minimum Gasteiger partial charge on any atom is -0.381 e. The molecule has 0 spiro atoms. The van der Waals surface area contributed by atoms with Gasteiger partial charge >= 0.3 is 0 Å². The average Bonchev–Trinajstić information content (AvgIpc) is 2.64. The molecule has 0 aliphatic heterocycles. The predicted molar refractivity (Wildman–Crippen MR) is 76.6 cm³/mol. The van der Waals surface area contributed by atoms with Gasteiger partial charge in [-0.1, -0.05) is 18.2 Å². The summed E-state index contributed by atoms with van der Waals surface area (Å²) in [6.07, 6.45) is 0.970. The Morgan fingerprint density at radius 2 is 1.85 bits per heavy atom. The van der Waals surface area contributed by atoms with E-state index in [0.717, 1.165) is 11.8 Å². The summed E-state index contributed by atoms with van der Waals surface area (Å²) in [5, 5.41) is 11.6. The van der Waals surface area contributed by atoms with Gasteiger partial charge in [0.25, 0.3) is 10.0 Å². The Morgan fingerprint density at radius 1 is 1.20 bits per heavy atom. The molecule has 0 saturated heterocycles. The molecule has 0 aliphatic carbocycles. The number of nitrogen functional groups attached to an aromatic ring is 2. The Hall–Kier alpha value is -2.42. The summed E-state index contributed by atoms with van der Waals surface area (Å²) in [4.78, 5) is 0. The van der Waals surface area contributed by atoms with Crippen LogP contribution in [0.15, 0.2) is 34.5 Å². The van der Waals surface area contributed by atoms with Crippen molar-refractivity contribution in [3.05, 3.63) is 29.8 Å². The number of azo groups is 1. The highest BCUT2D eigenvalue weighted by molar-refractivity contribution is 7.89. The van der Waals surface area contributed by atoms with E-state index in [1.165, 1.54) is 0 Å². The number of anilines is 2. The van der Waals surface area contributed by atoms with Crippen LogP contribution in [0.3, 0.4) is 0 Å². The molecule has 9 heteroatoms. The molecular weight excluding hydrogens is 280 g/mol. The van der Waals surface area contributed by atoms with E-state index < -0.39 is 10.0 Å². The second-order valence-corrected chi connectivity index (χ2v) is 6.02. The molecule has 0 atom stereocenters. The van der Waals surface area contributed by atoms with Gasteiger partial charge in [-0.15, -0.1) is 14.3 Å². The fourth-order valence-electron chi connectivity index (χ4n) is 1.56. The van der Waals surface area contributed by atoms with Gasteiger partial charge in [-0.2, -0.15) is 5.11 Å². The zero-order chi connectivity index (χ0) is 14.9. The van der Waals surface area contributed by atoms with Crippen LogP contribution in [0.25, 0.3) is 0 Å². The third-order valence-corrected chi connectivity index (χ3v) is 3.48. The number of aromatic nitrogens is 2. The van der Waals surface area contributed by atoms with Gasteiger partial charge in [-0.05, 0) is 18.6 Å². The molecule has 106 valence electrons. The van der Waals surface area contributed by atoms with Crippen LogP contribution in [0.2, 0.25) is 0 Å². The van der Waals surface area contributed by atoms with Crippen LogP contribution in [0, 0.1) is 6.92 Å². The van der Waals surface area contributed by atoms with Gasteiger partial charge in [-0.3, -0.25) is 0 Å². The number of nitrogens with two attached hydrogens (primary N) is 2. The summed E-state index contributed by atoms with van der Waals surface area (Å²) < 4.78 is 23.5. The van der Waals surface area contributed by atoms with E-state index >= 15 is 0 Å². The lowest BCUT2D eigenvalue weighted by Crippen LogP contribution is -2.14. The summed E-state index contributed by atoms with van der Waals surface area (Å²) in [6.45, 7) is 1.88. The van der Waals surface area contributed by atoms with Crippen molar-refractivity contribution in [1.29, 1.82) is 0 Å². The smallest absolute Gasteiger partial charge is 0.252 e. The van der Waals surface area contributed by atoms with Crippen molar-refractivity contribution in [2.45, 2.75) is 6.92 Å². The molecule has 1 heterocycles. The van der Waals surface area contributed by atoms with Crippen molar-refractivity contribution in [2.24, 2.45) is 10.2 Å². The van der Waals surface area contributed by atoms with Crippen LogP contribution >= 0.6 is 0 Å². The molecule has 0 radical (unpaired) electrons. The standard InChI is InChI=1S/C11H14N6O2S/c1-7-5-3-4-6-8(7)14-15-9-10(12)16-17(11(9)13)20(2,18)19/h3-6H,13H2,1-2H3,(H2,12,16). The summed E-state index contributed by atoms with van der Waals surface area (Å²) in [5.74, 6) is -0.257. The number of hydrogen-bond donors (Lipinski definition) is 2. The monoisotopic (exact) mass is 294 g/mol. The Labute approximate surface area is 116 Å². The lowest BCUT2D eigenvalue weighted by molar-refractivity contribution is 0.587. The Bertz CT molecular complexity index is 778. The summed E-state index contributed by atoms with van der Waals surface area (Å²) >= 11 is 0. The first-order valence-electron chi connectivity index (χ1n) is 5.62. The lowest BCUT2D eigenvalue weighted by atomic mass is 10.2. The molecule has 1 aromatic heterocycles. The average molecular weight is 294 g/mol. The lowest BCUT2D eigenvalue weighted by Gasteiger charge is -1.99. The first-order chi connectivity index (χ1) is 9.30. The second-order valence-electron chi connectivity index (χ2n) is 4.21. The van der Waals surface area contributed by atoms with Crippen molar-refractivity contribution in [3.63, 3.8) is 0 Å². The maximum Gasteiger partial charge on any atom is 0.252 e. The number of benzene rings is 1. The van der Waals surface area contributed by atoms with Crippen molar-refractivity contribution >= 4 is 33.0 Å². The van der Waals surface area contributed by atoms with E-state index in [9.17, 15) is 8.42 Å². The fourth-order valence-corrected chi connectivity index (χ4v) is 2.24. The number of hydrogen-bond acceptors (Lipinski definition) is 7. The Kier molecular flexibility index (Phi) is 3.45. The first kappa shape index (κ1) is 14.0. The molecule has 1 aromatic carbocycles. The quantitative estimate of drug-likeness (QED) is 0.830. The Balaban J connectivity index is 2.46. The maximum atomic E-state index is 11.4. The van der Waals surface area contributed by atoms with Crippen LogP contribution < -0.4 is 11.5 Å². The van der Waals surface area contributed by atoms with Crippen LogP contribution in [0.1, 0.15) is 5.56 Å². The molecule has 0 saturated carbocycles. The summed E-state index contributed by atoms with van der Waals surface area (Å²) in [5.41, 5.74) is 12.9. The van der Waals surface area contributed by atoms with Crippen molar-refractivity contribution in [3.8, 4) is 0 Å². The minimum absolute atomic E-state index is 0.0404. The highest BCUT2D eigenvalue weighted by atomic mass is 32.2. The van der Waals surface area contributed by atoms with Gasteiger partial charge in [0, 0.05) is 0 Å². The maximum absolute atomic E-state index is 11.4. The van der Waals surface area contributed by atoms with E-state index in [-0.39, 0.29) is 17.3 Å². The van der Waals surface area contributed by atoms with Gasteiger partial charge in [-0.25, -0.2) is 8.42 Å². The third-order valence-electron chi connectivity index (χ3n) is 2.58. The topological polar surface area (TPSA) is 129 Å². The molecule has 0 amide bonds. The van der Waals surface area contributed by atoms with E-state index in [0.29, 0.717) is 9.77 Å². The predicted octanol–water partition coefficient (Wildman–Crippen LogP) is 1.58. The molecule has 0 bridgehead atoms. The number of aryl methyl sites for hydroxylation is 1. The van der Waals surface area contributed by atoms with Crippen LogP contribution in [0.4, 0.5) is 23.0 Å². The molecule has 20 heavy (non-hydrogen) atoms. The molecule has 0 aliphatic rings. The summed E-state index contributed by atoms with van der Waals surface area (Å²) in [7, 11) is -3.63. The number of rotatable bonds is 3. The van der Waals surface area contributed by atoms with Gasteiger partial charge in [0.15, 0.2) is 17.3 Å². The SMILES string of the molecule is Cc1ccccc1N=Nc1c(N)nn(S(C)(=O)=O)c1N. The van der Waals surface area contributed by atoms with Crippen molar-refractivity contribution < 1.29 is 8.42 Å². The molecule has 0 fully saturated rings. The first-order valence-corrected chi connectivity index (χ1v) is 7.47. The highest BCUT2D eigenvalue weighted by Crippen LogP contribution is 2.31. The van der Waals surface area contributed by atoms with E-state index in [2.05, 4.69) is 15.3 Å². The normalized spacial score (nSPS) is 12.1. The molecule has 8 nitrogen and oxygen atoms in total. The molecular formula is C11H14N6O2S. The van der Waals surface area contributed by atoms with E-state index in [1.807, 2.05) is 25.1 Å². The van der Waals surface area contributed by atoms with Crippen molar-refractivity contribution in [1.82, 2.24) is 9.19 Å². The van der Waals surface area contributed by atoms with Crippen molar-refractivity contribution in [2.75, 3.05) is 17.7 Å². The molecule has 2 aromatic rings. The summed E-state index contributed by atoms with van der Waals surface area (Å²) in [6, 6.07) is 7.33. The van der Waals surface area contributed by atoms with Gasteiger partial charge in [0.05, 0.1) is 11.9 Å². The minimum atomic E-state index is -3.63. The van der Waals surface area contributed by atoms with Crippen LogP contribution in [0.5, 0.6) is 0 Å². The van der Waals surface area contributed by atoms with E-state index in [4.69, 9.17) is 11.5 Å². The molecule has 0 unspecified atom stereocenters. The fraction of sp³-hybridized carbons (Fsp3) is 0.182. The van der Waals surface area contributed by atoms with E-state index in [1.54, 1.807) is 6.07 Å². The Morgan fingerprint density at radius 3 is 2.40 bits per heavy atom. The van der Waals surface area contributed by atoms with Gasteiger partial charge in [0.2, 0.25) is 0 Å². The number of nitrogens with zero attached hydrogens (tertiary/aromatic N) is 4. The molecule has 2 rings (SSSR count). The van der Waals surface area contributed by atoms with Gasteiger partial charge in [0.1, 0.15) is 0 Å². The van der Waals surface area contributed by atoms with Crippen LogP contribution in [-0.2, 0) is 10.0 Å². The van der Waals surface area contributed by atoms with Crippen LogP contribution in [-0.4, -0.2) is 23.9 Å². The zero-order valence-corrected chi connectivity index (χ0v) is 11.8.